The van der Waals surface area contributed by atoms with Gasteiger partial charge in [0.05, 0.1) is 12.1 Å². The summed E-state index contributed by atoms with van der Waals surface area (Å²) >= 11 is 0. The molecule has 0 saturated carbocycles. The third kappa shape index (κ3) is 3.70. The number of likely N-dealkylation sites (N-methyl/N-ethyl adjacent to an activating group) is 1. The molecule has 0 spiro atoms. The molecular formula is C11H14N2O3. The molecule has 5 heteroatoms. The van der Waals surface area contributed by atoms with Gasteiger partial charge in [0.25, 0.3) is 0 Å². The van der Waals surface area contributed by atoms with E-state index in [0.29, 0.717) is 12.2 Å². The monoisotopic (exact) mass is 222 g/mol. The lowest BCUT2D eigenvalue weighted by Crippen LogP contribution is -2.27. The maximum Gasteiger partial charge on any atom is 0.335 e. The van der Waals surface area contributed by atoms with Crippen molar-refractivity contribution in [2.24, 2.45) is 0 Å². The van der Waals surface area contributed by atoms with Crippen LogP contribution < -0.4 is 10.6 Å². The van der Waals surface area contributed by atoms with E-state index in [4.69, 9.17) is 5.11 Å². The topological polar surface area (TPSA) is 78.4 Å². The van der Waals surface area contributed by atoms with Gasteiger partial charge in [0.15, 0.2) is 0 Å². The zero-order chi connectivity index (χ0) is 12.0. The van der Waals surface area contributed by atoms with E-state index in [2.05, 4.69) is 10.6 Å². The summed E-state index contributed by atoms with van der Waals surface area (Å²) in [5, 5.41) is 14.2. The molecule has 86 valence electrons. The van der Waals surface area contributed by atoms with Crippen LogP contribution >= 0.6 is 0 Å². The Morgan fingerprint density at radius 2 is 2.12 bits per heavy atom. The summed E-state index contributed by atoms with van der Waals surface area (Å²) in [6.45, 7) is 2.83. The van der Waals surface area contributed by atoms with E-state index in [1.165, 1.54) is 12.1 Å². The van der Waals surface area contributed by atoms with Crippen LogP contribution in [0.5, 0.6) is 0 Å². The maximum atomic E-state index is 11.3. The number of benzene rings is 1. The van der Waals surface area contributed by atoms with Gasteiger partial charge in [-0.3, -0.25) is 4.79 Å². The Morgan fingerprint density at radius 3 is 2.75 bits per heavy atom. The molecule has 0 aliphatic rings. The lowest BCUT2D eigenvalue weighted by Gasteiger charge is -2.05. The maximum absolute atomic E-state index is 11.3. The van der Waals surface area contributed by atoms with Gasteiger partial charge < -0.3 is 15.7 Å². The van der Waals surface area contributed by atoms with E-state index >= 15 is 0 Å². The predicted molar refractivity (Wildman–Crippen MR) is 60.6 cm³/mol. The molecule has 0 aromatic heterocycles. The highest BCUT2D eigenvalue weighted by molar-refractivity contribution is 5.94. The second kappa shape index (κ2) is 5.87. The van der Waals surface area contributed by atoms with Gasteiger partial charge in [-0.25, -0.2) is 4.79 Å². The number of carboxylic acid groups (broad SMARTS) is 1. The van der Waals surface area contributed by atoms with Gasteiger partial charge in [0.2, 0.25) is 5.91 Å². The minimum atomic E-state index is -1.01. The average molecular weight is 222 g/mol. The van der Waals surface area contributed by atoms with Crippen molar-refractivity contribution in [3.8, 4) is 0 Å². The molecule has 0 radical (unpaired) electrons. The standard InChI is InChI=1S/C11H14N2O3/c1-2-12-7-10(14)13-9-5-3-4-8(6-9)11(15)16/h3-6,12H,2,7H2,1H3,(H,13,14)(H,15,16). The van der Waals surface area contributed by atoms with Crippen molar-refractivity contribution in [2.75, 3.05) is 18.4 Å². The SMILES string of the molecule is CCNCC(=O)Nc1cccc(C(=O)O)c1. The molecule has 0 heterocycles. The first kappa shape index (κ1) is 12.2. The first-order valence-corrected chi connectivity index (χ1v) is 4.97. The molecular weight excluding hydrogens is 208 g/mol. The Kier molecular flexibility index (Phi) is 4.47. The van der Waals surface area contributed by atoms with Crippen LogP contribution in [0.15, 0.2) is 24.3 Å². The van der Waals surface area contributed by atoms with Gasteiger partial charge >= 0.3 is 5.97 Å². The van der Waals surface area contributed by atoms with Gasteiger partial charge in [-0.2, -0.15) is 0 Å². The lowest BCUT2D eigenvalue weighted by molar-refractivity contribution is -0.115. The Morgan fingerprint density at radius 1 is 1.38 bits per heavy atom. The second-order valence-corrected chi connectivity index (χ2v) is 3.21. The van der Waals surface area contributed by atoms with Crippen LogP contribution in [0.1, 0.15) is 17.3 Å². The minimum Gasteiger partial charge on any atom is -0.478 e. The summed E-state index contributed by atoms with van der Waals surface area (Å²) < 4.78 is 0. The molecule has 1 aromatic carbocycles. The Hall–Kier alpha value is -1.88. The van der Waals surface area contributed by atoms with Crippen LogP contribution in [0, 0.1) is 0 Å². The zero-order valence-electron chi connectivity index (χ0n) is 8.99. The third-order valence-corrected chi connectivity index (χ3v) is 1.93. The van der Waals surface area contributed by atoms with Crippen LogP contribution in [-0.2, 0) is 4.79 Å². The molecule has 1 amide bonds. The summed E-state index contributed by atoms with van der Waals surface area (Å²) in [6.07, 6.45) is 0. The van der Waals surface area contributed by atoms with E-state index in [9.17, 15) is 9.59 Å². The number of rotatable bonds is 5. The van der Waals surface area contributed by atoms with Crippen molar-refractivity contribution < 1.29 is 14.7 Å². The molecule has 1 aromatic rings. The van der Waals surface area contributed by atoms with E-state index in [-0.39, 0.29) is 18.0 Å². The number of nitrogens with one attached hydrogen (secondary N) is 2. The van der Waals surface area contributed by atoms with Crippen LogP contribution in [0.25, 0.3) is 0 Å². The number of carboxylic acids is 1. The molecule has 3 N–H and O–H groups in total. The van der Waals surface area contributed by atoms with Crippen molar-refractivity contribution in [1.29, 1.82) is 0 Å². The minimum absolute atomic E-state index is 0.154. The van der Waals surface area contributed by atoms with Gasteiger partial charge in [-0.15, -0.1) is 0 Å². The summed E-state index contributed by atoms with van der Waals surface area (Å²) in [5.74, 6) is -1.20. The molecule has 0 bridgehead atoms. The molecule has 0 fully saturated rings. The highest BCUT2D eigenvalue weighted by atomic mass is 16.4. The molecule has 0 unspecified atom stereocenters. The Labute approximate surface area is 93.5 Å². The second-order valence-electron chi connectivity index (χ2n) is 3.21. The summed E-state index contributed by atoms with van der Waals surface area (Å²) in [5.41, 5.74) is 0.643. The quantitative estimate of drug-likeness (QED) is 0.692. The van der Waals surface area contributed by atoms with Crippen LogP contribution in [0.4, 0.5) is 5.69 Å². The number of hydrogen-bond donors (Lipinski definition) is 3. The number of amides is 1. The van der Waals surface area contributed by atoms with E-state index in [0.717, 1.165) is 0 Å². The number of anilines is 1. The molecule has 5 nitrogen and oxygen atoms in total. The zero-order valence-corrected chi connectivity index (χ0v) is 8.99. The van der Waals surface area contributed by atoms with Gasteiger partial charge in [-0.05, 0) is 24.7 Å². The van der Waals surface area contributed by atoms with Crippen molar-refractivity contribution in [1.82, 2.24) is 5.32 Å². The highest BCUT2D eigenvalue weighted by Gasteiger charge is 2.05. The lowest BCUT2D eigenvalue weighted by atomic mass is 10.2. The first-order chi connectivity index (χ1) is 7.63. The average Bonchev–Trinajstić information content (AvgIpc) is 2.26. The van der Waals surface area contributed by atoms with Crippen LogP contribution in [0.3, 0.4) is 0 Å². The summed E-state index contributed by atoms with van der Waals surface area (Å²) in [6, 6.07) is 6.14. The molecule has 0 aliphatic carbocycles. The van der Waals surface area contributed by atoms with Crippen molar-refractivity contribution in [2.45, 2.75) is 6.92 Å². The number of carbonyl (C=O) groups excluding carboxylic acids is 1. The molecule has 0 aliphatic heterocycles. The Balaban J connectivity index is 2.63. The van der Waals surface area contributed by atoms with E-state index in [1.807, 2.05) is 6.92 Å². The Bertz CT molecular complexity index is 391. The number of carbonyl (C=O) groups is 2. The summed E-state index contributed by atoms with van der Waals surface area (Å²) in [7, 11) is 0. The smallest absolute Gasteiger partial charge is 0.335 e. The fraction of sp³-hybridized carbons (Fsp3) is 0.273. The van der Waals surface area contributed by atoms with Crippen molar-refractivity contribution in [3.05, 3.63) is 29.8 Å². The molecule has 1 rings (SSSR count). The highest BCUT2D eigenvalue weighted by Crippen LogP contribution is 2.10. The van der Waals surface area contributed by atoms with Gasteiger partial charge in [0, 0.05) is 5.69 Å². The van der Waals surface area contributed by atoms with Crippen LogP contribution in [0.2, 0.25) is 0 Å². The van der Waals surface area contributed by atoms with Crippen molar-refractivity contribution in [3.63, 3.8) is 0 Å². The predicted octanol–water partition coefficient (Wildman–Crippen LogP) is 0.933. The largest absolute Gasteiger partial charge is 0.478 e. The fourth-order valence-electron chi connectivity index (χ4n) is 1.17. The fourth-order valence-corrected chi connectivity index (χ4v) is 1.17. The number of aromatic carboxylic acids is 1. The number of hydrogen-bond acceptors (Lipinski definition) is 3. The van der Waals surface area contributed by atoms with E-state index in [1.54, 1.807) is 12.1 Å². The molecule has 16 heavy (non-hydrogen) atoms. The van der Waals surface area contributed by atoms with E-state index < -0.39 is 5.97 Å². The third-order valence-electron chi connectivity index (χ3n) is 1.93. The first-order valence-electron chi connectivity index (χ1n) is 4.97. The summed E-state index contributed by atoms with van der Waals surface area (Å²) in [4.78, 5) is 22.0. The van der Waals surface area contributed by atoms with Gasteiger partial charge in [0.1, 0.15) is 0 Å². The normalized spacial score (nSPS) is 9.81. The van der Waals surface area contributed by atoms with Crippen molar-refractivity contribution >= 4 is 17.6 Å². The van der Waals surface area contributed by atoms with Crippen LogP contribution in [-0.4, -0.2) is 30.1 Å². The molecule has 0 atom stereocenters. The van der Waals surface area contributed by atoms with Gasteiger partial charge in [-0.1, -0.05) is 13.0 Å². The molecule has 0 saturated heterocycles.